The summed E-state index contributed by atoms with van der Waals surface area (Å²) in [5, 5.41) is 1.52. The molecule has 1 aromatic rings. The second-order valence-electron chi connectivity index (χ2n) is 5.80. The molecule has 2 aliphatic rings. The first-order chi connectivity index (χ1) is 9.53. The summed E-state index contributed by atoms with van der Waals surface area (Å²) >= 11 is 22.2. The fourth-order valence-corrected chi connectivity index (χ4v) is 5.49. The van der Waals surface area contributed by atoms with E-state index in [9.17, 15) is 0 Å². The van der Waals surface area contributed by atoms with Crippen LogP contribution < -0.4 is 4.74 Å². The van der Waals surface area contributed by atoms with E-state index < -0.39 is 0 Å². The maximum absolute atomic E-state index is 6.22. The van der Waals surface area contributed by atoms with Crippen molar-refractivity contribution in [2.75, 3.05) is 0 Å². The van der Waals surface area contributed by atoms with Gasteiger partial charge in [0.05, 0.1) is 10.0 Å². The largest absolute Gasteiger partial charge is 0.487 e. The summed E-state index contributed by atoms with van der Waals surface area (Å²) in [6.07, 6.45) is 7.54. The Morgan fingerprint density at radius 1 is 1.05 bits per heavy atom. The molecule has 0 heterocycles. The molecule has 0 aliphatic heterocycles. The van der Waals surface area contributed by atoms with Gasteiger partial charge in [0.2, 0.25) is 0 Å². The normalized spacial score (nSPS) is 28.2. The Balaban J connectivity index is 1.82. The van der Waals surface area contributed by atoms with Crippen LogP contribution >= 0.6 is 50.7 Å². The van der Waals surface area contributed by atoms with E-state index in [4.69, 9.17) is 39.5 Å². The molecule has 0 saturated heterocycles. The van der Waals surface area contributed by atoms with Crippen molar-refractivity contribution in [1.29, 1.82) is 0 Å². The zero-order valence-corrected chi connectivity index (χ0v) is 14.8. The molecule has 2 fully saturated rings. The van der Waals surface area contributed by atoms with Crippen molar-refractivity contribution in [3.8, 4) is 5.75 Å². The van der Waals surface area contributed by atoms with Gasteiger partial charge in [-0.2, -0.15) is 0 Å². The smallest absolute Gasteiger partial charge is 0.157 e. The average Bonchev–Trinajstić information content (AvgIpc) is 2.42. The molecule has 0 radical (unpaired) electrons. The third kappa shape index (κ3) is 2.58. The molecule has 2 unspecified atom stereocenters. The molecule has 2 aliphatic carbocycles. The first kappa shape index (κ1) is 15.3. The summed E-state index contributed by atoms with van der Waals surface area (Å²) < 4.78 is 6.18. The Morgan fingerprint density at radius 3 is 2.20 bits per heavy atom. The lowest BCUT2D eigenvalue weighted by atomic mass is 9.58. The second-order valence-corrected chi connectivity index (χ2v) is 8.16. The summed E-state index contributed by atoms with van der Waals surface area (Å²) in [6, 6.07) is 3.37. The van der Waals surface area contributed by atoms with Gasteiger partial charge in [-0.05, 0) is 31.4 Å². The van der Waals surface area contributed by atoms with E-state index in [1.165, 1.54) is 32.1 Å². The third-order valence-electron chi connectivity index (χ3n) is 4.69. The SMILES string of the molecule is Clc1cc(Cl)c(OC2CC(Br)C23CCCCC3)c(Cl)c1. The van der Waals surface area contributed by atoms with Crippen LogP contribution in [0.4, 0.5) is 0 Å². The fourth-order valence-electron chi connectivity index (χ4n) is 3.49. The monoisotopic (exact) mass is 396 g/mol. The highest BCUT2D eigenvalue weighted by Crippen LogP contribution is 2.57. The van der Waals surface area contributed by atoms with Gasteiger partial charge in [-0.15, -0.1) is 0 Å². The van der Waals surface area contributed by atoms with E-state index in [-0.39, 0.29) is 11.5 Å². The lowest BCUT2D eigenvalue weighted by Crippen LogP contribution is -2.57. The maximum atomic E-state index is 6.22. The van der Waals surface area contributed by atoms with Crippen molar-refractivity contribution >= 4 is 50.7 Å². The topological polar surface area (TPSA) is 9.23 Å². The zero-order valence-electron chi connectivity index (χ0n) is 11.0. The number of hydrogen-bond acceptors (Lipinski definition) is 1. The zero-order chi connectivity index (χ0) is 14.3. The Kier molecular flexibility index (Phi) is 4.48. The molecule has 0 amide bonds. The van der Waals surface area contributed by atoms with Gasteiger partial charge in [0.1, 0.15) is 6.10 Å². The average molecular weight is 399 g/mol. The number of alkyl halides is 1. The van der Waals surface area contributed by atoms with Crippen molar-refractivity contribution in [1.82, 2.24) is 0 Å². The molecule has 20 heavy (non-hydrogen) atoms. The van der Waals surface area contributed by atoms with Gasteiger partial charge in [-0.3, -0.25) is 0 Å². The third-order valence-corrected chi connectivity index (χ3v) is 6.76. The predicted octanol–water partition coefficient (Wildman–Crippen LogP) is 6.51. The van der Waals surface area contributed by atoms with E-state index in [0.29, 0.717) is 25.6 Å². The van der Waals surface area contributed by atoms with Gasteiger partial charge in [0.15, 0.2) is 5.75 Å². The fraction of sp³-hybridized carbons (Fsp3) is 0.600. The molecular weight excluding hydrogens is 382 g/mol. The van der Waals surface area contributed by atoms with Gasteiger partial charge < -0.3 is 4.74 Å². The number of hydrogen-bond donors (Lipinski definition) is 0. The highest BCUT2D eigenvalue weighted by molar-refractivity contribution is 9.09. The van der Waals surface area contributed by atoms with Crippen LogP contribution in [0.3, 0.4) is 0 Å². The standard InChI is InChI=1S/C15H16BrCl3O/c16-12-8-13(15(12)4-2-1-3-5-15)20-14-10(18)6-9(17)7-11(14)19/h6-7,12-13H,1-5,8H2. The van der Waals surface area contributed by atoms with Crippen molar-refractivity contribution in [2.45, 2.75) is 49.5 Å². The Bertz CT molecular complexity index is 491. The van der Waals surface area contributed by atoms with Gasteiger partial charge in [-0.1, -0.05) is 70.0 Å². The van der Waals surface area contributed by atoms with E-state index in [1.807, 2.05) is 0 Å². The van der Waals surface area contributed by atoms with Crippen LogP contribution in [0.2, 0.25) is 15.1 Å². The van der Waals surface area contributed by atoms with E-state index in [2.05, 4.69) is 15.9 Å². The van der Waals surface area contributed by atoms with Crippen LogP contribution in [0.5, 0.6) is 5.75 Å². The van der Waals surface area contributed by atoms with E-state index >= 15 is 0 Å². The predicted molar refractivity (Wildman–Crippen MR) is 88.7 cm³/mol. The minimum atomic E-state index is 0.198. The van der Waals surface area contributed by atoms with Crippen LogP contribution in [0.15, 0.2) is 12.1 Å². The molecule has 0 bridgehead atoms. The van der Waals surface area contributed by atoms with Gasteiger partial charge in [-0.25, -0.2) is 0 Å². The molecule has 3 rings (SSSR count). The van der Waals surface area contributed by atoms with Gasteiger partial charge in [0, 0.05) is 15.3 Å². The minimum absolute atomic E-state index is 0.198. The van der Waals surface area contributed by atoms with Crippen molar-refractivity contribution in [3.05, 3.63) is 27.2 Å². The van der Waals surface area contributed by atoms with Crippen molar-refractivity contribution in [3.63, 3.8) is 0 Å². The molecule has 1 spiro atoms. The second kappa shape index (κ2) is 5.87. The lowest BCUT2D eigenvalue weighted by molar-refractivity contribution is -0.0600. The molecule has 0 aromatic heterocycles. The van der Waals surface area contributed by atoms with Gasteiger partial charge >= 0.3 is 0 Å². The highest BCUT2D eigenvalue weighted by Gasteiger charge is 2.55. The summed E-state index contributed by atoms with van der Waals surface area (Å²) in [5.74, 6) is 0.576. The summed E-state index contributed by atoms with van der Waals surface area (Å²) in [6.45, 7) is 0. The van der Waals surface area contributed by atoms with E-state index in [1.54, 1.807) is 12.1 Å². The minimum Gasteiger partial charge on any atom is -0.487 e. The summed E-state index contributed by atoms with van der Waals surface area (Å²) in [7, 11) is 0. The Morgan fingerprint density at radius 2 is 1.65 bits per heavy atom. The quantitative estimate of drug-likeness (QED) is 0.516. The van der Waals surface area contributed by atoms with E-state index in [0.717, 1.165) is 6.42 Å². The summed E-state index contributed by atoms with van der Waals surface area (Å²) in [4.78, 5) is 0.546. The van der Waals surface area contributed by atoms with Crippen molar-refractivity contribution < 1.29 is 4.74 Å². The molecule has 1 aromatic carbocycles. The number of halogens is 4. The first-order valence-corrected chi connectivity index (χ1v) is 9.03. The van der Waals surface area contributed by atoms with Crippen LogP contribution in [-0.4, -0.2) is 10.9 Å². The van der Waals surface area contributed by atoms with Gasteiger partial charge in [0.25, 0.3) is 0 Å². The molecule has 0 N–H and O–H groups in total. The molecule has 1 nitrogen and oxygen atoms in total. The Hall–Kier alpha value is 0.370. The summed E-state index contributed by atoms with van der Waals surface area (Å²) in [5.41, 5.74) is 0.255. The maximum Gasteiger partial charge on any atom is 0.157 e. The molecule has 5 heteroatoms. The molecule has 2 atom stereocenters. The Labute approximate surface area is 143 Å². The first-order valence-electron chi connectivity index (χ1n) is 6.98. The molecular formula is C15H16BrCl3O. The lowest BCUT2D eigenvalue weighted by Gasteiger charge is -2.55. The van der Waals surface area contributed by atoms with Crippen LogP contribution in [-0.2, 0) is 0 Å². The number of rotatable bonds is 2. The molecule has 110 valence electrons. The highest BCUT2D eigenvalue weighted by atomic mass is 79.9. The number of benzene rings is 1. The van der Waals surface area contributed by atoms with Crippen molar-refractivity contribution in [2.24, 2.45) is 5.41 Å². The molecule has 2 saturated carbocycles. The van der Waals surface area contributed by atoms with Crippen LogP contribution in [0.1, 0.15) is 38.5 Å². The number of ether oxygens (including phenoxy) is 1. The van der Waals surface area contributed by atoms with Crippen LogP contribution in [0, 0.1) is 5.41 Å². The van der Waals surface area contributed by atoms with Crippen LogP contribution in [0.25, 0.3) is 0 Å².